The van der Waals surface area contributed by atoms with Crippen molar-refractivity contribution < 1.29 is 0 Å². The van der Waals surface area contributed by atoms with E-state index in [1.807, 2.05) is 0 Å². The fraction of sp³-hybridized carbons (Fsp3) is 0.438. The number of thiazole rings is 1. The van der Waals surface area contributed by atoms with Crippen molar-refractivity contribution in [2.24, 2.45) is 0 Å². The van der Waals surface area contributed by atoms with Gasteiger partial charge < -0.3 is 10.2 Å². The minimum absolute atomic E-state index is 0.849. The maximum Gasteiger partial charge on any atom is 0.108 e. The fourth-order valence-corrected chi connectivity index (χ4v) is 3.26. The van der Waals surface area contributed by atoms with Crippen molar-refractivity contribution in [2.45, 2.75) is 26.4 Å². The third-order valence-corrected chi connectivity index (χ3v) is 4.08. The molecule has 2 rings (SSSR count). The first-order chi connectivity index (χ1) is 9.70. The molecular weight excluding hydrogens is 266 g/mol. The van der Waals surface area contributed by atoms with Gasteiger partial charge in [-0.2, -0.15) is 0 Å². The van der Waals surface area contributed by atoms with Gasteiger partial charge in [0.15, 0.2) is 0 Å². The lowest BCUT2D eigenvalue weighted by atomic mass is 10.1. The van der Waals surface area contributed by atoms with Crippen LogP contribution in [-0.4, -0.2) is 30.5 Å². The second-order valence-electron chi connectivity index (χ2n) is 5.16. The van der Waals surface area contributed by atoms with Crippen LogP contribution in [0.2, 0.25) is 0 Å². The number of hydrogen-bond acceptors (Lipinski definition) is 4. The molecule has 3 nitrogen and oxygen atoms in total. The average molecular weight is 289 g/mol. The molecule has 0 unspecified atom stereocenters. The maximum absolute atomic E-state index is 4.81. The van der Waals surface area contributed by atoms with Crippen molar-refractivity contribution in [3.8, 4) is 10.4 Å². The van der Waals surface area contributed by atoms with Crippen LogP contribution in [0.4, 0.5) is 0 Å². The summed E-state index contributed by atoms with van der Waals surface area (Å²) >= 11 is 1.81. The minimum atomic E-state index is 0.849. The molecule has 20 heavy (non-hydrogen) atoms. The Morgan fingerprint density at radius 1 is 1.20 bits per heavy atom. The van der Waals surface area contributed by atoms with E-state index in [1.54, 1.807) is 11.3 Å². The molecule has 1 heterocycles. The summed E-state index contributed by atoms with van der Waals surface area (Å²) in [5.41, 5.74) is 2.44. The maximum atomic E-state index is 4.81. The Kier molecular flexibility index (Phi) is 5.71. The highest BCUT2D eigenvalue weighted by molar-refractivity contribution is 7.15. The van der Waals surface area contributed by atoms with Gasteiger partial charge in [0.05, 0.1) is 10.6 Å². The molecule has 0 aliphatic rings. The van der Waals surface area contributed by atoms with Gasteiger partial charge in [0.1, 0.15) is 5.01 Å². The third-order valence-electron chi connectivity index (χ3n) is 2.95. The van der Waals surface area contributed by atoms with Crippen molar-refractivity contribution in [3.05, 3.63) is 41.0 Å². The van der Waals surface area contributed by atoms with Gasteiger partial charge in [0.2, 0.25) is 0 Å². The van der Waals surface area contributed by atoms with Gasteiger partial charge in [0, 0.05) is 13.1 Å². The van der Waals surface area contributed by atoms with Crippen molar-refractivity contribution in [1.82, 2.24) is 15.2 Å². The van der Waals surface area contributed by atoms with E-state index in [2.05, 4.69) is 61.6 Å². The molecule has 0 atom stereocenters. The molecule has 2 aromatic rings. The molecule has 4 heteroatoms. The summed E-state index contributed by atoms with van der Waals surface area (Å²) in [6, 6.07) is 10.6. The molecule has 1 aromatic heterocycles. The summed E-state index contributed by atoms with van der Waals surface area (Å²) in [6.45, 7) is 4.97. The van der Waals surface area contributed by atoms with Crippen LogP contribution in [0.25, 0.3) is 10.4 Å². The molecule has 108 valence electrons. The van der Waals surface area contributed by atoms with Crippen LogP contribution in [0, 0.1) is 0 Å². The summed E-state index contributed by atoms with van der Waals surface area (Å²) in [5.74, 6) is 0. The highest BCUT2D eigenvalue weighted by Gasteiger charge is 2.13. The molecule has 0 bridgehead atoms. The Morgan fingerprint density at radius 3 is 2.60 bits per heavy atom. The zero-order valence-corrected chi connectivity index (χ0v) is 13.3. The lowest BCUT2D eigenvalue weighted by Crippen LogP contribution is -2.15. The highest BCUT2D eigenvalue weighted by Crippen LogP contribution is 2.30. The summed E-state index contributed by atoms with van der Waals surface area (Å²) in [6.07, 6.45) is 1.15. The van der Waals surface area contributed by atoms with Crippen molar-refractivity contribution in [2.75, 3.05) is 20.6 Å². The zero-order valence-electron chi connectivity index (χ0n) is 12.5. The Bertz CT molecular complexity index is 520. The van der Waals surface area contributed by atoms with Crippen LogP contribution >= 0.6 is 11.3 Å². The van der Waals surface area contributed by atoms with Gasteiger partial charge in [-0.25, -0.2) is 4.98 Å². The first-order valence-corrected chi connectivity index (χ1v) is 7.91. The molecule has 0 aliphatic carbocycles. The van der Waals surface area contributed by atoms with E-state index in [9.17, 15) is 0 Å². The van der Waals surface area contributed by atoms with Gasteiger partial charge in [-0.05, 0) is 32.6 Å². The van der Waals surface area contributed by atoms with Gasteiger partial charge in [-0.3, -0.25) is 0 Å². The first kappa shape index (κ1) is 15.2. The van der Waals surface area contributed by atoms with Crippen molar-refractivity contribution >= 4 is 11.3 Å². The molecule has 0 aliphatic heterocycles. The first-order valence-electron chi connectivity index (χ1n) is 7.10. The summed E-state index contributed by atoms with van der Waals surface area (Å²) in [5, 5.41) is 4.64. The van der Waals surface area contributed by atoms with Gasteiger partial charge >= 0.3 is 0 Å². The van der Waals surface area contributed by atoms with Crippen LogP contribution in [0.3, 0.4) is 0 Å². The lowest BCUT2D eigenvalue weighted by molar-refractivity contribution is 0.401. The standard InChI is InChI=1S/C16H23N3S/c1-4-10-17-11-14-16(13-8-6-5-7-9-13)20-15(18-14)12-19(2)3/h5-9,17H,4,10-12H2,1-3H3. The Hall–Kier alpha value is -1.23. The predicted molar refractivity (Wildman–Crippen MR) is 86.9 cm³/mol. The van der Waals surface area contributed by atoms with Crippen LogP contribution in [-0.2, 0) is 13.1 Å². The second kappa shape index (κ2) is 7.53. The molecule has 0 saturated heterocycles. The average Bonchev–Trinajstić information content (AvgIpc) is 2.82. The van der Waals surface area contributed by atoms with Crippen LogP contribution in [0.5, 0.6) is 0 Å². The monoisotopic (exact) mass is 289 g/mol. The molecular formula is C16H23N3S. The quantitative estimate of drug-likeness (QED) is 0.792. The van der Waals surface area contributed by atoms with E-state index in [4.69, 9.17) is 4.98 Å². The number of nitrogens with zero attached hydrogens (tertiary/aromatic N) is 2. The van der Waals surface area contributed by atoms with Gasteiger partial charge in [-0.15, -0.1) is 11.3 Å². The van der Waals surface area contributed by atoms with Gasteiger partial charge in [0.25, 0.3) is 0 Å². The number of nitrogens with one attached hydrogen (secondary N) is 1. The smallest absolute Gasteiger partial charge is 0.108 e. The summed E-state index contributed by atoms with van der Waals surface area (Å²) < 4.78 is 0. The fourth-order valence-electron chi connectivity index (χ4n) is 2.06. The highest BCUT2D eigenvalue weighted by atomic mass is 32.1. The van der Waals surface area contributed by atoms with E-state index in [1.165, 1.54) is 21.1 Å². The van der Waals surface area contributed by atoms with Crippen LogP contribution in [0.1, 0.15) is 24.0 Å². The third kappa shape index (κ3) is 4.13. The van der Waals surface area contributed by atoms with E-state index in [0.717, 1.165) is 26.1 Å². The number of rotatable bonds is 7. The molecule has 0 fully saturated rings. The van der Waals surface area contributed by atoms with E-state index >= 15 is 0 Å². The van der Waals surface area contributed by atoms with Gasteiger partial charge in [-0.1, -0.05) is 37.3 Å². The second-order valence-corrected chi connectivity index (χ2v) is 6.25. The number of aromatic nitrogens is 1. The Labute approximate surface area is 125 Å². The molecule has 0 radical (unpaired) electrons. The molecule has 1 N–H and O–H groups in total. The number of benzene rings is 1. The largest absolute Gasteiger partial charge is 0.311 e. The molecule has 0 spiro atoms. The molecule has 0 saturated carbocycles. The van der Waals surface area contributed by atoms with E-state index in [0.29, 0.717) is 0 Å². The Morgan fingerprint density at radius 2 is 1.95 bits per heavy atom. The minimum Gasteiger partial charge on any atom is -0.311 e. The topological polar surface area (TPSA) is 28.2 Å². The van der Waals surface area contributed by atoms with E-state index in [-0.39, 0.29) is 0 Å². The predicted octanol–water partition coefficient (Wildman–Crippen LogP) is 3.37. The lowest BCUT2D eigenvalue weighted by Gasteiger charge is -2.05. The van der Waals surface area contributed by atoms with Crippen molar-refractivity contribution in [3.63, 3.8) is 0 Å². The molecule has 1 aromatic carbocycles. The molecule has 0 amide bonds. The van der Waals surface area contributed by atoms with E-state index < -0.39 is 0 Å². The SMILES string of the molecule is CCCNCc1nc(CN(C)C)sc1-c1ccccc1. The number of hydrogen-bond donors (Lipinski definition) is 1. The van der Waals surface area contributed by atoms with Crippen LogP contribution < -0.4 is 5.32 Å². The summed E-state index contributed by atoms with van der Waals surface area (Å²) in [7, 11) is 4.16. The van der Waals surface area contributed by atoms with Crippen molar-refractivity contribution in [1.29, 1.82) is 0 Å². The zero-order chi connectivity index (χ0) is 14.4. The normalized spacial score (nSPS) is 11.2. The Balaban J connectivity index is 2.24. The van der Waals surface area contributed by atoms with Crippen LogP contribution in [0.15, 0.2) is 30.3 Å². The summed E-state index contributed by atoms with van der Waals surface area (Å²) in [4.78, 5) is 8.27.